The number of halogens is 1. The molecule has 1 heterocycles. The minimum absolute atomic E-state index is 0.100. The Balaban J connectivity index is 3.28. The van der Waals surface area contributed by atoms with E-state index in [-0.39, 0.29) is 5.54 Å². The zero-order valence-corrected chi connectivity index (χ0v) is 11.4. The zero-order valence-electron chi connectivity index (χ0n) is 9.25. The van der Waals surface area contributed by atoms with Crippen LogP contribution < -0.4 is 0 Å². The summed E-state index contributed by atoms with van der Waals surface area (Å²) in [6.45, 7) is 6.26. The van der Waals surface area contributed by atoms with Crippen LogP contribution in [-0.2, 0) is 5.54 Å². The molecule has 4 heteroatoms. The Morgan fingerprint density at radius 3 is 2.47 bits per heavy atom. The van der Waals surface area contributed by atoms with Crippen LogP contribution in [0.25, 0.3) is 0 Å². The van der Waals surface area contributed by atoms with Gasteiger partial charge in [0, 0.05) is 15.3 Å². The maximum absolute atomic E-state index is 11.1. The first-order valence-corrected chi connectivity index (χ1v) is 6.14. The van der Waals surface area contributed by atoms with Crippen molar-refractivity contribution in [2.24, 2.45) is 0 Å². The van der Waals surface area contributed by atoms with E-state index in [2.05, 4.69) is 43.4 Å². The maximum Gasteiger partial charge on any atom is 0.352 e. The smallest absolute Gasteiger partial charge is 0.352 e. The number of hydrogen-bond acceptors (Lipinski definition) is 1. The van der Waals surface area contributed by atoms with E-state index < -0.39 is 5.97 Å². The van der Waals surface area contributed by atoms with Gasteiger partial charge in [-0.15, -0.1) is 0 Å². The van der Waals surface area contributed by atoms with Crippen LogP contribution in [0.2, 0.25) is 0 Å². The summed E-state index contributed by atoms with van der Waals surface area (Å²) in [6.07, 6.45) is 3.76. The third kappa shape index (κ3) is 2.35. The van der Waals surface area contributed by atoms with Gasteiger partial charge in [0.15, 0.2) is 0 Å². The number of aromatic nitrogens is 1. The highest BCUT2D eigenvalue weighted by Gasteiger charge is 2.26. The van der Waals surface area contributed by atoms with Gasteiger partial charge >= 0.3 is 5.97 Å². The number of carbonyl (C=O) groups is 1. The van der Waals surface area contributed by atoms with Crippen LogP contribution in [0, 0.1) is 3.57 Å². The van der Waals surface area contributed by atoms with Gasteiger partial charge in [0.1, 0.15) is 5.69 Å². The molecule has 0 amide bonds. The fraction of sp³-hybridized carbons (Fsp3) is 0.545. The normalized spacial score (nSPS) is 11.7. The highest BCUT2D eigenvalue weighted by molar-refractivity contribution is 14.1. The third-order valence-corrected chi connectivity index (χ3v) is 3.70. The largest absolute Gasteiger partial charge is 0.477 e. The molecule has 1 aromatic rings. The van der Waals surface area contributed by atoms with Crippen molar-refractivity contribution in [3.05, 3.63) is 21.5 Å². The van der Waals surface area contributed by atoms with Crippen molar-refractivity contribution in [2.45, 2.75) is 39.2 Å². The number of rotatable bonds is 4. The summed E-state index contributed by atoms with van der Waals surface area (Å²) < 4.78 is 2.86. The summed E-state index contributed by atoms with van der Waals surface area (Å²) in [5, 5.41) is 9.11. The molecule has 0 bridgehead atoms. The zero-order chi connectivity index (χ0) is 11.6. The second kappa shape index (κ2) is 4.55. The highest BCUT2D eigenvalue weighted by Crippen LogP contribution is 2.28. The molecule has 1 aromatic heterocycles. The maximum atomic E-state index is 11.1. The van der Waals surface area contributed by atoms with E-state index in [1.165, 1.54) is 0 Å². The molecule has 0 aliphatic heterocycles. The van der Waals surface area contributed by atoms with Crippen molar-refractivity contribution in [3.8, 4) is 0 Å². The Kier molecular flexibility index (Phi) is 3.81. The summed E-state index contributed by atoms with van der Waals surface area (Å²) in [6, 6.07) is 1.71. The van der Waals surface area contributed by atoms with Gasteiger partial charge in [-0.1, -0.05) is 13.8 Å². The number of nitrogens with zero attached hydrogens (tertiary/aromatic N) is 1. The second-order valence-corrected chi connectivity index (χ2v) is 5.17. The van der Waals surface area contributed by atoms with Gasteiger partial charge in [0.2, 0.25) is 0 Å². The Hall–Kier alpha value is -0.520. The Morgan fingerprint density at radius 2 is 2.07 bits per heavy atom. The first kappa shape index (κ1) is 12.5. The number of hydrogen-bond donors (Lipinski definition) is 1. The van der Waals surface area contributed by atoms with E-state index in [0.717, 1.165) is 16.4 Å². The van der Waals surface area contributed by atoms with Crippen LogP contribution in [0.3, 0.4) is 0 Å². The molecular formula is C11H16INO2. The SMILES string of the molecule is CCC(C)(CC)n1cc(I)cc1C(=O)O. The molecule has 15 heavy (non-hydrogen) atoms. The molecule has 0 saturated carbocycles. The molecule has 0 saturated heterocycles. The fourth-order valence-electron chi connectivity index (χ4n) is 1.63. The number of carboxylic acids is 1. The summed E-state index contributed by atoms with van der Waals surface area (Å²) in [4.78, 5) is 11.1. The van der Waals surface area contributed by atoms with Gasteiger partial charge in [-0.2, -0.15) is 0 Å². The highest BCUT2D eigenvalue weighted by atomic mass is 127. The molecule has 0 aliphatic carbocycles. The average molecular weight is 321 g/mol. The van der Waals surface area contributed by atoms with E-state index in [1.807, 2.05) is 10.8 Å². The van der Waals surface area contributed by atoms with Crippen molar-refractivity contribution in [1.29, 1.82) is 0 Å². The van der Waals surface area contributed by atoms with E-state index in [0.29, 0.717) is 5.69 Å². The van der Waals surface area contributed by atoms with Crippen molar-refractivity contribution < 1.29 is 9.90 Å². The molecule has 0 radical (unpaired) electrons. The van der Waals surface area contributed by atoms with Crippen molar-refractivity contribution in [3.63, 3.8) is 0 Å². The lowest BCUT2D eigenvalue weighted by molar-refractivity contribution is 0.0674. The Labute approximate surface area is 104 Å². The molecule has 1 N–H and O–H groups in total. The quantitative estimate of drug-likeness (QED) is 0.865. The summed E-state index contributed by atoms with van der Waals surface area (Å²) in [7, 11) is 0. The predicted octanol–water partition coefficient (Wildman–Crippen LogP) is 3.33. The van der Waals surface area contributed by atoms with E-state index in [9.17, 15) is 4.79 Å². The van der Waals surface area contributed by atoms with Crippen LogP contribution in [0.15, 0.2) is 12.3 Å². The van der Waals surface area contributed by atoms with E-state index in [1.54, 1.807) is 6.07 Å². The van der Waals surface area contributed by atoms with Gasteiger partial charge in [-0.25, -0.2) is 4.79 Å². The molecule has 0 spiro atoms. The van der Waals surface area contributed by atoms with Gasteiger partial charge in [0.05, 0.1) is 0 Å². The number of aromatic carboxylic acids is 1. The Bertz CT molecular complexity index is 367. The van der Waals surface area contributed by atoms with Crippen molar-refractivity contribution >= 4 is 28.6 Å². The lowest BCUT2D eigenvalue weighted by Crippen LogP contribution is -2.30. The topological polar surface area (TPSA) is 42.2 Å². The monoisotopic (exact) mass is 321 g/mol. The molecular weight excluding hydrogens is 305 g/mol. The predicted molar refractivity (Wildman–Crippen MR) is 68.3 cm³/mol. The fourth-order valence-corrected chi connectivity index (χ4v) is 2.21. The van der Waals surface area contributed by atoms with Crippen molar-refractivity contribution in [2.75, 3.05) is 0 Å². The minimum atomic E-state index is -0.856. The molecule has 0 aliphatic rings. The summed E-state index contributed by atoms with van der Waals surface area (Å²) in [5.74, 6) is -0.856. The molecule has 1 rings (SSSR count). The lowest BCUT2D eigenvalue weighted by Gasteiger charge is -2.30. The summed E-state index contributed by atoms with van der Waals surface area (Å²) >= 11 is 2.15. The number of carboxylic acid groups (broad SMARTS) is 1. The molecule has 0 aromatic carbocycles. The lowest BCUT2D eigenvalue weighted by atomic mass is 9.95. The van der Waals surface area contributed by atoms with Gasteiger partial charge in [-0.3, -0.25) is 0 Å². The summed E-state index contributed by atoms with van der Waals surface area (Å²) in [5.41, 5.74) is 0.280. The van der Waals surface area contributed by atoms with Crippen molar-refractivity contribution in [1.82, 2.24) is 4.57 Å². The second-order valence-electron chi connectivity index (χ2n) is 3.92. The van der Waals surface area contributed by atoms with Gasteiger partial charge in [0.25, 0.3) is 0 Å². The van der Waals surface area contributed by atoms with E-state index >= 15 is 0 Å². The van der Waals surface area contributed by atoms with Crippen LogP contribution in [0.4, 0.5) is 0 Å². The third-order valence-electron chi connectivity index (χ3n) is 3.11. The van der Waals surface area contributed by atoms with Gasteiger partial charge < -0.3 is 9.67 Å². The average Bonchev–Trinajstić information content (AvgIpc) is 2.60. The first-order valence-electron chi connectivity index (χ1n) is 5.06. The van der Waals surface area contributed by atoms with Crippen LogP contribution >= 0.6 is 22.6 Å². The molecule has 0 atom stereocenters. The van der Waals surface area contributed by atoms with Gasteiger partial charge in [-0.05, 0) is 48.4 Å². The molecule has 0 unspecified atom stereocenters. The van der Waals surface area contributed by atoms with Crippen LogP contribution in [0.5, 0.6) is 0 Å². The first-order chi connectivity index (χ1) is 6.94. The Morgan fingerprint density at radius 1 is 1.53 bits per heavy atom. The molecule has 84 valence electrons. The molecule has 3 nitrogen and oxygen atoms in total. The van der Waals surface area contributed by atoms with E-state index in [4.69, 9.17) is 5.11 Å². The van der Waals surface area contributed by atoms with Crippen LogP contribution in [-0.4, -0.2) is 15.6 Å². The molecule has 0 fully saturated rings. The minimum Gasteiger partial charge on any atom is -0.477 e. The standard InChI is InChI=1S/C11H16INO2/c1-4-11(3,5-2)13-7-8(12)6-9(13)10(14)15/h6-7H,4-5H2,1-3H3,(H,14,15). The van der Waals surface area contributed by atoms with Crippen LogP contribution in [0.1, 0.15) is 44.1 Å².